The van der Waals surface area contributed by atoms with Crippen LogP contribution in [-0.4, -0.2) is 23.5 Å². The molecule has 0 saturated heterocycles. The number of rotatable bonds is 7. The molecule has 108 valence electrons. The Morgan fingerprint density at radius 1 is 1.40 bits per heavy atom. The van der Waals surface area contributed by atoms with Gasteiger partial charge in [0.1, 0.15) is 0 Å². The van der Waals surface area contributed by atoms with E-state index in [9.17, 15) is 9.59 Å². The van der Waals surface area contributed by atoms with Crippen LogP contribution in [0.5, 0.6) is 0 Å². The maximum absolute atomic E-state index is 11.7. The third-order valence-corrected chi connectivity index (χ3v) is 3.65. The predicted molar refractivity (Wildman–Crippen MR) is 82.2 cm³/mol. The fourth-order valence-corrected chi connectivity index (χ4v) is 2.10. The van der Waals surface area contributed by atoms with Gasteiger partial charge in [-0.1, -0.05) is 47.5 Å². The number of nitrogens with one attached hydrogen (secondary N) is 1. The summed E-state index contributed by atoms with van der Waals surface area (Å²) >= 11 is 3.40. The second-order valence-electron chi connectivity index (χ2n) is 4.47. The van der Waals surface area contributed by atoms with E-state index in [1.54, 1.807) is 6.08 Å². The van der Waals surface area contributed by atoms with E-state index in [1.165, 1.54) is 6.08 Å². The van der Waals surface area contributed by atoms with Crippen molar-refractivity contribution in [3.8, 4) is 0 Å². The van der Waals surface area contributed by atoms with Gasteiger partial charge in [0.15, 0.2) is 0 Å². The molecule has 0 aliphatic rings. The lowest BCUT2D eigenvalue weighted by Crippen LogP contribution is -2.28. The minimum Gasteiger partial charge on any atom is -0.481 e. The van der Waals surface area contributed by atoms with Crippen LogP contribution in [0, 0.1) is 5.92 Å². The first-order valence-corrected chi connectivity index (χ1v) is 7.24. The van der Waals surface area contributed by atoms with Crippen LogP contribution in [-0.2, 0) is 9.59 Å². The SMILES string of the molecule is CCC(CNC(=O)/C=C/c1ccccc1Br)CC(=O)O. The Morgan fingerprint density at radius 3 is 2.70 bits per heavy atom. The molecule has 0 spiro atoms. The summed E-state index contributed by atoms with van der Waals surface area (Å²) in [5.74, 6) is -1.09. The van der Waals surface area contributed by atoms with Gasteiger partial charge in [0.25, 0.3) is 0 Å². The highest BCUT2D eigenvalue weighted by atomic mass is 79.9. The molecule has 0 fully saturated rings. The molecule has 0 aliphatic heterocycles. The van der Waals surface area contributed by atoms with Crippen LogP contribution in [0.3, 0.4) is 0 Å². The number of hydrogen-bond acceptors (Lipinski definition) is 2. The van der Waals surface area contributed by atoms with E-state index in [0.717, 1.165) is 16.5 Å². The molecule has 0 saturated carbocycles. The Labute approximate surface area is 127 Å². The number of carbonyl (C=O) groups is 2. The molecule has 20 heavy (non-hydrogen) atoms. The standard InChI is InChI=1S/C15H18BrNO3/c1-2-11(9-15(19)20)10-17-14(18)8-7-12-5-3-4-6-13(12)16/h3-8,11H,2,9-10H2,1H3,(H,17,18)(H,19,20)/b8-7+. The van der Waals surface area contributed by atoms with Crippen molar-refractivity contribution >= 4 is 33.9 Å². The summed E-state index contributed by atoms with van der Waals surface area (Å²) in [5.41, 5.74) is 0.917. The Bertz CT molecular complexity index is 500. The second kappa shape index (κ2) is 8.53. The number of benzene rings is 1. The van der Waals surface area contributed by atoms with Crippen molar-refractivity contribution in [1.82, 2.24) is 5.32 Å². The van der Waals surface area contributed by atoms with Crippen LogP contribution in [0.15, 0.2) is 34.8 Å². The van der Waals surface area contributed by atoms with E-state index >= 15 is 0 Å². The minimum atomic E-state index is -0.838. The van der Waals surface area contributed by atoms with Crippen molar-refractivity contribution in [2.24, 2.45) is 5.92 Å². The van der Waals surface area contributed by atoms with Crippen LogP contribution in [0.1, 0.15) is 25.3 Å². The minimum absolute atomic E-state index is 0.0340. The smallest absolute Gasteiger partial charge is 0.303 e. The van der Waals surface area contributed by atoms with Gasteiger partial charge < -0.3 is 10.4 Å². The molecule has 0 heterocycles. The first kappa shape index (κ1) is 16.4. The van der Waals surface area contributed by atoms with E-state index < -0.39 is 5.97 Å². The van der Waals surface area contributed by atoms with Crippen LogP contribution in [0.25, 0.3) is 6.08 Å². The fourth-order valence-electron chi connectivity index (χ4n) is 1.69. The average molecular weight is 340 g/mol. The number of aliphatic carboxylic acids is 1. The molecule has 0 radical (unpaired) electrons. The molecular formula is C15H18BrNO3. The topological polar surface area (TPSA) is 66.4 Å². The van der Waals surface area contributed by atoms with E-state index in [2.05, 4.69) is 21.2 Å². The zero-order chi connectivity index (χ0) is 15.0. The average Bonchev–Trinajstić information content (AvgIpc) is 2.42. The molecule has 4 nitrogen and oxygen atoms in total. The molecular weight excluding hydrogens is 322 g/mol. The van der Waals surface area contributed by atoms with Gasteiger partial charge >= 0.3 is 5.97 Å². The lowest BCUT2D eigenvalue weighted by Gasteiger charge is -2.12. The monoisotopic (exact) mass is 339 g/mol. The van der Waals surface area contributed by atoms with Gasteiger partial charge in [-0.05, 0) is 23.6 Å². The Balaban J connectivity index is 2.47. The van der Waals surface area contributed by atoms with Crippen molar-refractivity contribution in [1.29, 1.82) is 0 Å². The van der Waals surface area contributed by atoms with Gasteiger partial charge in [0.05, 0.1) is 0 Å². The highest BCUT2D eigenvalue weighted by Crippen LogP contribution is 2.16. The van der Waals surface area contributed by atoms with Crippen LogP contribution in [0.4, 0.5) is 0 Å². The lowest BCUT2D eigenvalue weighted by molar-refractivity contribution is -0.138. The van der Waals surface area contributed by atoms with Crippen LogP contribution in [0.2, 0.25) is 0 Å². The number of carbonyl (C=O) groups excluding carboxylic acids is 1. The predicted octanol–water partition coefficient (Wildman–Crippen LogP) is 3.08. The zero-order valence-electron chi connectivity index (χ0n) is 11.3. The first-order valence-electron chi connectivity index (χ1n) is 6.45. The second-order valence-corrected chi connectivity index (χ2v) is 5.33. The molecule has 1 atom stereocenters. The molecule has 1 amide bonds. The van der Waals surface area contributed by atoms with Crippen molar-refractivity contribution in [3.05, 3.63) is 40.4 Å². The Morgan fingerprint density at radius 2 is 2.10 bits per heavy atom. The third kappa shape index (κ3) is 6.02. The molecule has 5 heteroatoms. The van der Waals surface area contributed by atoms with Crippen molar-refractivity contribution in [3.63, 3.8) is 0 Å². The van der Waals surface area contributed by atoms with Gasteiger partial charge in [0.2, 0.25) is 5.91 Å². The Kier molecular flexibility index (Phi) is 7.01. The molecule has 1 unspecified atom stereocenters. The van der Waals surface area contributed by atoms with Crippen LogP contribution >= 0.6 is 15.9 Å². The molecule has 1 rings (SSSR count). The van der Waals surface area contributed by atoms with Crippen molar-refractivity contribution < 1.29 is 14.7 Å². The lowest BCUT2D eigenvalue weighted by atomic mass is 10.0. The summed E-state index contributed by atoms with van der Waals surface area (Å²) < 4.78 is 0.918. The summed E-state index contributed by atoms with van der Waals surface area (Å²) in [4.78, 5) is 22.3. The summed E-state index contributed by atoms with van der Waals surface area (Å²) in [5, 5.41) is 11.5. The van der Waals surface area contributed by atoms with Crippen LogP contribution < -0.4 is 5.32 Å². The number of halogens is 1. The third-order valence-electron chi connectivity index (χ3n) is 2.93. The number of hydrogen-bond donors (Lipinski definition) is 2. The largest absolute Gasteiger partial charge is 0.481 e. The molecule has 1 aromatic rings. The quantitative estimate of drug-likeness (QED) is 0.750. The number of carboxylic acid groups (broad SMARTS) is 1. The van der Waals surface area contributed by atoms with Crippen molar-refractivity contribution in [2.45, 2.75) is 19.8 Å². The summed E-state index contributed by atoms with van der Waals surface area (Å²) in [6, 6.07) is 7.59. The number of amides is 1. The van der Waals surface area contributed by atoms with E-state index in [1.807, 2.05) is 31.2 Å². The summed E-state index contributed by atoms with van der Waals surface area (Å²) in [6.07, 6.45) is 3.97. The van der Waals surface area contributed by atoms with E-state index in [0.29, 0.717) is 6.54 Å². The molecule has 0 aliphatic carbocycles. The van der Waals surface area contributed by atoms with Gasteiger partial charge in [-0.3, -0.25) is 9.59 Å². The molecule has 1 aromatic carbocycles. The summed E-state index contributed by atoms with van der Waals surface area (Å²) in [7, 11) is 0. The van der Waals surface area contributed by atoms with Crippen molar-refractivity contribution in [2.75, 3.05) is 6.54 Å². The maximum atomic E-state index is 11.7. The highest BCUT2D eigenvalue weighted by molar-refractivity contribution is 9.10. The van der Waals surface area contributed by atoms with E-state index in [4.69, 9.17) is 5.11 Å². The number of carboxylic acids is 1. The molecule has 0 aromatic heterocycles. The first-order chi connectivity index (χ1) is 9.52. The highest BCUT2D eigenvalue weighted by Gasteiger charge is 2.11. The zero-order valence-corrected chi connectivity index (χ0v) is 12.9. The van der Waals surface area contributed by atoms with Gasteiger partial charge in [0, 0.05) is 23.5 Å². The van der Waals surface area contributed by atoms with Gasteiger partial charge in [-0.15, -0.1) is 0 Å². The van der Waals surface area contributed by atoms with E-state index in [-0.39, 0.29) is 18.2 Å². The Hall–Kier alpha value is -1.62. The normalized spacial score (nSPS) is 12.3. The van der Waals surface area contributed by atoms with Gasteiger partial charge in [-0.25, -0.2) is 0 Å². The molecule has 0 bridgehead atoms. The van der Waals surface area contributed by atoms with Gasteiger partial charge in [-0.2, -0.15) is 0 Å². The maximum Gasteiger partial charge on any atom is 0.303 e. The fraction of sp³-hybridized carbons (Fsp3) is 0.333. The summed E-state index contributed by atoms with van der Waals surface area (Å²) in [6.45, 7) is 2.29. The molecule has 2 N–H and O–H groups in total.